The van der Waals surface area contributed by atoms with Crippen LogP contribution in [0.3, 0.4) is 0 Å². The van der Waals surface area contributed by atoms with Crippen LogP contribution in [0.25, 0.3) is 10.8 Å². The number of rotatable bonds is 6. The van der Waals surface area contributed by atoms with Crippen molar-refractivity contribution in [1.29, 1.82) is 0 Å². The molecule has 150 valence electrons. The molecule has 0 unspecified atom stereocenters. The lowest BCUT2D eigenvalue weighted by molar-refractivity contribution is 0.0975. The molecule has 6 heteroatoms. The number of nitrogens with two attached hydrogens (primary N) is 1. The number of carbonyl (C=O) groups is 1. The Balaban J connectivity index is 1.26. The smallest absolute Gasteiger partial charge is 0.164 e. The van der Waals surface area contributed by atoms with Crippen molar-refractivity contribution in [2.75, 3.05) is 43.4 Å². The van der Waals surface area contributed by atoms with Gasteiger partial charge < -0.3 is 10.6 Å². The third kappa shape index (κ3) is 4.54. The lowest BCUT2D eigenvalue weighted by Crippen LogP contribution is -2.47. The van der Waals surface area contributed by atoms with Gasteiger partial charge in [0.05, 0.1) is 0 Å². The van der Waals surface area contributed by atoms with Gasteiger partial charge in [0.1, 0.15) is 11.6 Å². The highest BCUT2D eigenvalue weighted by Crippen LogP contribution is 2.21. The Kier molecular flexibility index (Phi) is 5.71. The molecule has 5 nitrogen and oxygen atoms in total. The zero-order chi connectivity index (χ0) is 20.2. The van der Waals surface area contributed by atoms with Crippen LogP contribution in [0.5, 0.6) is 0 Å². The van der Waals surface area contributed by atoms with Gasteiger partial charge >= 0.3 is 0 Å². The lowest BCUT2D eigenvalue weighted by Gasteiger charge is -2.35. The molecular formula is C23H25FN4O. The minimum absolute atomic E-state index is 0.0264. The first kappa shape index (κ1) is 19.3. The first-order valence-corrected chi connectivity index (χ1v) is 10.0. The molecule has 2 aromatic carbocycles. The Morgan fingerprint density at radius 2 is 1.79 bits per heavy atom. The fourth-order valence-electron chi connectivity index (χ4n) is 3.83. The zero-order valence-electron chi connectivity index (χ0n) is 16.4. The maximum Gasteiger partial charge on any atom is 0.164 e. The van der Waals surface area contributed by atoms with Gasteiger partial charge in [0.25, 0.3) is 0 Å². The van der Waals surface area contributed by atoms with Crippen molar-refractivity contribution in [3.05, 3.63) is 66.1 Å². The molecule has 0 radical (unpaired) electrons. The summed E-state index contributed by atoms with van der Waals surface area (Å²) in [4.78, 5) is 21.6. The minimum Gasteiger partial charge on any atom is -0.398 e. The highest BCUT2D eigenvalue weighted by atomic mass is 19.1. The Hall–Kier alpha value is -2.99. The summed E-state index contributed by atoms with van der Waals surface area (Å²) >= 11 is 0. The van der Waals surface area contributed by atoms with E-state index in [9.17, 15) is 9.18 Å². The predicted molar refractivity (Wildman–Crippen MR) is 115 cm³/mol. The first-order chi connectivity index (χ1) is 14.1. The van der Waals surface area contributed by atoms with Crippen molar-refractivity contribution in [1.82, 2.24) is 9.88 Å². The highest BCUT2D eigenvalue weighted by molar-refractivity contribution is 6.00. The Morgan fingerprint density at radius 1 is 1.03 bits per heavy atom. The molecule has 4 rings (SSSR count). The van der Waals surface area contributed by atoms with Crippen molar-refractivity contribution >= 4 is 28.1 Å². The molecule has 1 aromatic heterocycles. The van der Waals surface area contributed by atoms with Gasteiger partial charge in [0, 0.05) is 55.4 Å². The van der Waals surface area contributed by atoms with Crippen LogP contribution >= 0.6 is 0 Å². The SMILES string of the molecule is Nc1cc(F)ccc1C(=O)CCCN1CCN(c2cc3ccccc3cn2)CC1. The van der Waals surface area contributed by atoms with E-state index in [-0.39, 0.29) is 11.5 Å². The Labute approximate surface area is 169 Å². The first-order valence-electron chi connectivity index (χ1n) is 10.0. The molecule has 3 aromatic rings. The van der Waals surface area contributed by atoms with Gasteiger partial charge in [-0.1, -0.05) is 24.3 Å². The molecule has 1 aliphatic heterocycles. The van der Waals surface area contributed by atoms with Crippen LogP contribution in [0.15, 0.2) is 54.7 Å². The summed E-state index contributed by atoms with van der Waals surface area (Å²) < 4.78 is 13.1. The summed E-state index contributed by atoms with van der Waals surface area (Å²) in [5.74, 6) is 0.574. The number of halogens is 1. The summed E-state index contributed by atoms with van der Waals surface area (Å²) in [6.45, 7) is 4.60. The summed E-state index contributed by atoms with van der Waals surface area (Å²) in [5, 5.41) is 2.36. The molecule has 1 aliphatic rings. The van der Waals surface area contributed by atoms with Crippen LogP contribution in [0.2, 0.25) is 0 Å². The van der Waals surface area contributed by atoms with Crippen LogP contribution in [0, 0.1) is 5.82 Å². The third-order valence-corrected chi connectivity index (χ3v) is 5.51. The second-order valence-electron chi connectivity index (χ2n) is 7.48. The third-order valence-electron chi connectivity index (χ3n) is 5.51. The van der Waals surface area contributed by atoms with Gasteiger partial charge in [-0.05, 0) is 42.6 Å². The second kappa shape index (κ2) is 8.57. The van der Waals surface area contributed by atoms with Crippen molar-refractivity contribution in [2.24, 2.45) is 0 Å². The molecule has 0 aliphatic carbocycles. The summed E-state index contributed by atoms with van der Waals surface area (Å²) in [6.07, 6.45) is 3.12. The molecule has 1 fully saturated rings. The average Bonchev–Trinajstić information content (AvgIpc) is 2.74. The predicted octanol–water partition coefficient (Wildman–Crippen LogP) is 3.74. The van der Waals surface area contributed by atoms with Crippen molar-refractivity contribution < 1.29 is 9.18 Å². The topological polar surface area (TPSA) is 62.5 Å². The summed E-state index contributed by atoms with van der Waals surface area (Å²) in [7, 11) is 0. The molecule has 0 saturated carbocycles. The number of anilines is 2. The van der Waals surface area contributed by atoms with E-state index in [1.807, 2.05) is 18.3 Å². The normalized spacial score (nSPS) is 15.0. The molecule has 2 N–H and O–H groups in total. The number of ketones is 1. The van der Waals surface area contributed by atoms with Crippen LogP contribution in [-0.2, 0) is 0 Å². The second-order valence-corrected chi connectivity index (χ2v) is 7.48. The van der Waals surface area contributed by atoms with Crippen molar-refractivity contribution in [3.63, 3.8) is 0 Å². The molecule has 0 spiro atoms. The fourth-order valence-corrected chi connectivity index (χ4v) is 3.83. The van der Waals surface area contributed by atoms with E-state index in [4.69, 9.17) is 5.73 Å². The van der Waals surface area contributed by atoms with Crippen LogP contribution in [0.1, 0.15) is 23.2 Å². The number of aromatic nitrogens is 1. The van der Waals surface area contributed by atoms with E-state index in [0.29, 0.717) is 12.0 Å². The van der Waals surface area contributed by atoms with Crippen LogP contribution in [-0.4, -0.2) is 48.4 Å². The van der Waals surface area contributed by atoms with Gasteiger partial charge in [-0.15, -0.1) is 0 Å². The number of fused-ring (bicyclic) bond motifs is 1. The highest BCUT2D eigenvalue weighted by Gasteiger charge is 2.18. The molecule has 0 atom stereocenters. The standard InChI is InChI=1S/C23H25FN4O/c24-19-7-8-20(21(25)15-19)22(29)6-3-9-27-10-12-28(13-11-27)23-14-17-4-1-2-5-18(17)16-26-23/h1-2,4-5,7-8,14-16H,3,6,9-13,25H2. The number of Topliss-reactive ketones (excluding diaryl/α,β-unsaturated/α-hetero) is 1. The Morgan fingerprint density at radius 3 is 2.55 bits per heavy atom. The largest absolute Gasteiger partial charge is 0.398 e. The number of nitrogens with zero attached hydrogens (tertiary/aromatic N) is 3. The summed E-state index contributed by atoms with van der Waals surface area (Å²) in [5.41, 5.74) is 6.39. The van der Waals surface area contributed by atoms with E-state index in [1.54, 1.807) is 0 Å². The minimum atomic E-state index is -0.419. The average molecular weight is 392 g/mol. The number of carbonyl (C=O) groups excluding carboxylic acids is 1. The monoisotopic (exact) mass is 392 g/mol. The maximum absolute atomic E-state index is 13.1. The molecule has 0 amide bonds. The quantitative estimate of drug-likeness (QED) is 0.511. The fraction of sp³-hybridized carbons (Fsp3) is 0.304. The van der Waals surface area contributed by atoms with E-state index < -0.39 is 5.82 Å². The van der Waals surface area contributed by atoms with E-state index in [0.717, 1.165) is 50.3 Å². The van der Waals surface area contributed by atoms with Gasteiger partial charge in [-0.3, -0.25) is 9.69 Å². The number of hydrogen-bond donors (Lipinski definition) is 1. The molecule has 2 heterocycles. The molecule has 0 bridgehead atoms. The van der Waals surface area contributed by atoms with Gasteiger partial charge in [-0.25, -0.2) is 9.37 Å². The summed E-state index contributed by atoms with van der Waals surface area (Å²) in [6, 6.07) is 14.4. The van der Waals surface area contributed by atoms with E-state index in [2.05, 4.69) is 33.0 Å². The molecule has 1 saturated heterocycles. The molecular weight excluding hydrogens is 367 g/mol. The van der Waals surface area contributed by atoms with Crippen molar-refractivity contribution in [3.8, 4) is 0 Å². The van der Waals surface area contributed by atoms with E-state index in [1.165, 1.54) is 23.6 Å². The molecule has 29 heavy (non-hydrogen) atoms. The van der Waals surface area contributed by atoms with Crippen molar-refractivity contribution in [2.45, 2.75) is 12.8 Å². The van der Waals surface area contributed by atoms with Gasteiger partial charge in [0.2, 0.25) is 0 Å². The lowest BCUT2D eigenvalue weighted by atomic mass is 10.0. The number of piperazine rings is 1. The van der Waals surface area contributed by atoms with Crippen LogP contribution in [0.4, 0.5) is 15.9 Å². The Bertz CT molecular complexity index is 1010. The number of benzene rings is 2. The number of hydrogen-bond acceptors (Lipinski definition) is 5. The van der Waals surface area contributed by atoms with Crippen LogP contribution < -0.4 is 10.6 Å². The maximum atomic E-state index is 13.1. The van der Waals surface area contributed by atoms with Gasteiger partial charge in [-0.2, -0.15) is 0 Å². The number of pyridine rings is 1. The van der Waals surface area contributed by atoms with E-state index >= 15 is 0 Å². The van der Waals surface area contributed by atoms with Gasteiger partial charge in [0.15, 0.2) is 5.78 Å². The zero-order valence-corrected chi connectivity index (χ0v) is 16.4. The number of nitrogen functional groups attached to an aromatic ring is 1.